The molecule has 1 aliphatic rings. The summed E-state index contributed by atoms with van der Waals surface area (Å²) in [6.07, 6.45) is 7.68. The van der Waals surface area contributed by atoms with E-state index in [4.69, 9.17) is 4.74 Å². The van der Waals surface area contributed by atoms with Crippen LogP contribution in [0.1, 0.15) is 69.7 Å². The monoisotopic (exact) mass is 303 g/mol. The second kappa shape index (κ2) is 8.21. The highest BCUT2D eigenvalue weighted by molar-refractivity contribution is 5.95. The number of ketones is 1. The predicted molar refractivity (Wildman–Crippen MR) is 92.1 cm³/mol. The van der Waals surface area contributed by atoms with E-state index in [0.29, 0.717) is 0 Å². The molecule has 0 aliphatic carbocycles. The molecule has 3 heteroatoms. The highest BCUT2D eigenvalue weighted by atomic mass is 16.5. The first-order valence-corrected chi connectivity index (χ1v) is 8.72. The largest absolute Gasteiger partial charge is 0.486 e. The lowest BCUT2D eigenvalue weighted by Gasteiger charge is -2.36. The Kier molecular flexibility index (Phi) is 6.29. The minimum absolute atomic E-state index is 0.114. The highest BCUT2D eigenvalue weighted by Gasteiger charge is 2.24. The van der Waals surface area contributed by atoms with E-state index in [1.54, 1.807) is 6.92 Å². The van der Waals surface area contributed by atoms with Crippen LogP contribution in [0, 0.1) is 0 Å². The molecule has 1 aromatic rings. The Bertz CT molecular complexity index is 498. The van der Waals surface area contributed by atoms with Gasteiger partial charge < -0.3 is 9.64 Å². The molecule has 0 bridgehead atoms. The van der Waals surface area contributed by atoms with E-state index in [9.17, 15) is 4.79 Å². The van der Waals surface area contributed by atoms with Gasteiger partial charge in [0.1, 0.15) is 11.9 Å². The lowest BCUT2D eigenvalue weighted by Crippen LogP contribution is -2.40. The van der Waals surface area contributed by atoms with Crippen molar-refractivity contribution in [1.29, 1.82) is 0 Å². The molecule has 1 aromatic carbocycles. The number of Topliss-reactive ketones (excluding diaryl/α,β-unsaturated/α-hetero) is 1. The fraction of sp³-hybridized carbons (Fsp3) is 0.632. The molecule has 22 heavy (non-hydrogen) atoms. The van der Waals surface area contributed by atoms with Crippen molar-refractivity contribution in [2.24, 2.45) is 0 Å². The van der Waals surface area contributed by atoms with Crippen LogP contribution < -0.4 is 9.64 Å². The van der Waals surface area contributed by atoms with Gasteiger partial charge in [-0.2, -0.15) is 0 Å². The van der Waals surface area contributed by atoms with E-state index in [-0.39, 0.29) is 11.9 Å². The molecule has 0 spiro atoms. The van der Waals surface area contributed by atoms with Crippen LogP contribution in [0.25, 0.3) is 0 Å². The van der Waals surface area contributed by atoms with Crippen molar-refractivity contribution in [2.75, 3.05) is 18.0 Å². The van der Waals surface area contributed by atoms with Crippen LogP contribution >= 0.6 is 0 Å². The molecule has 0 fully saturated rings. The molecule has 1 aliphatic heterocycles. The van der Waals surface area contributed by atoms with E-state index in [0.717, 1.165) is 36.5 Å². The molecule has 1 atom stereocenters. The number of ether oxygens (including phenoxy) is 1. The van der Waals surface area contributed by atoms with Crippen LogP contribution in [0.15, 0.2) is 18.2 Å². The average Bonchev–Trinajstić information content (AvgIpc) is 2.53. The first-order chi connectivity index (χ1) is 10.7. The molecule has 0 saturated carbocycles. The Morgan fingerprint density at radius 3 is 2.68 bits per heavy atom. The number of benzene rings is 1. The number of hydrogen-bond donors (Lipinski definition) is 0. The molecular formula is C19H29NO2. The summed E-state index contributed by atoms with van der Waals surface area (Å²) in [7, 11) is 0. The quantitative estimate of drug-likeness (QED) is 0.508. The van der Waals surface area contributed by atoms with Crippen molar-refractivity contribution in [3.8, 4) is 5.75 Å². The molecule has 2 rings (SSSR count). The Labute approximate surface area is 134 Å². The average molecular weight is 303 g/mol. The first kappa shape index (κ1) is 16.9. The van der Waals surface area contributed by atoms with Crippen molar-refractivity contribution in [1.82, 2.24) is 0 Å². The molecule has 1 unspecified atom stereocenters. The Morgan fingerprint density at radius 2 is 2.00 bits per heavy atom. The summed E-state index contributed by atoms with van der Waals surface area (Å²) in [6, 6.07) is 5.83. The fourth-order valence-electron chi connectivity index (χ4n) is 2.97. The summed E-state index contributed by atoms with van der Waals surface area (Å²) in [6.45, 7) is 8.01. The van der Waals surface area contributed by atoms with E-state index in [1.165, 1.54) is 32.1 Å². The van der Waals surface area contributed by atoms with Gasteiger partial charge >= 0.3 is 0 Å². The summed E-state index contributed by atoms with van der Waals surface area (Å²) >= 11 is 0. The molecule has 0 N–H and O–H groups in total. The van der Waals surface area contributed by atoms with Crippen LogP contribution in [0.3, 0.4) is 0 Å². The zero-order valence-corrected chi connectivity index (χ0v) is 14.2. The van der Waals surface area contributed by atoms with Crippen LogP contribution in [0.4, 0.5) is 5.69 Å². The van der Waals surface area contributed by atoms with Gasteiger partial charge in [0.05, 0.1) is 12.2 Å². The Hall–Kier alpha value is -1.51. The van der Waals surface area contributed by atoms with Gasteiger partial charge in [0.25, 0.3) is 0 Å². The van der Waals surface area contributed by atoms with Crippen LogP contribution in [-0.2, 0) is 0 Å². The molecule has 3 nitrogen and oxygen atoms in total. The number of rotatable bonds is 8. The summed E-state index contributed by atoms with van der Waals surface area (Å²) < 4.78 is 6.04. The molecule has 0 saturated heterocycles. The van der Waals surface area contributed by atoms with Crippen molar-refractivity contribution in [2.45, 2.75) is 65.4 Å². The third-order valence-corrected chi connectivity index (χ3v) is 4.41. The Morgan fingerprint density at radius 1 is 1.23 bits per heavy atom. The third-order valence-electron chi connectivity index (χ3n) is 4.41. The normalized spacial score (nSPS) is 17.0. The molecule has 1 heterocycles. The van der Waals surface area contributed by atoms with Crippen LogP contribution in [0.2, 0.25) is 0 Å². The summed E-state index contributed by atoms with van der Waals surface area (Å²) in [5.41, 5.74) is 1.86. The van der Waals surface area contributed by atoms with Gasteiger partial charge in [0.15, 0.2) is 5.78 Å². The van der Waals surface area contributed by atoms with Gasteiger partial charge in [0.2, 0.25) is 0 Å². The van der Waals surface area contributed by atoms with Gasteiger partial charge in [0, 0.05) is 12.1 Å². The SMILES string of the molecule is CCCCCCCN1CC(CC)Oc2ccc(C(C)=O)cc21. The fourth-order valence-corrected chi connectivity index (χ4v) is 2.97. The lowest BCUT2D eigenvalue weighted by molar-refractivity contribution is 0.101. The van der Waals surface area contributed by atoms with E-state index < -0.39 is 0 Å². The van der Waals surface area contributed by atoms with Crippen molar-refractivity contribution < 1.29 is 9.53 Å². The van der Waals surface area contributed by atoms with Gasteiger partial charge in [-0.25, -0.2) is 0 Å². The van der Waals surface area contributed by atoms with E-state index in [1.807, 2.05) is 18.2 Å². The maximum atomic E-state index is 11.6. The van der Waals surface area contributed by atoms with E-state index in [2.05, 4.69) is 18.7 Å². The highest BCUT2D eigenvalue weighted by Crippen LogP contribution is 2.35. The van der Waals surface area contributed by atoms with Crippen LogP contribution in [0.5, 0.6) is 5.75 Å². The minimum Gasteiger partial charge on any atom is -0.486 e. The van der Waals surface area contributed by atoms with Gasteiger partial charge in [-0.05, 0) is 38.0 Å². The minimum atomic E-state index is 0.114. The zero-order valence-electron chi connectivity index (χ0n) is 14.2. The molecule has 0 radical (unpaired) electrons. The number of hydrogen-bond acceptors (Lipinski definition) is 3. The van der Waals surface area contributed by atoms with Crippen molar-refractivity contribution >= 4 is 11.5 Å². The molecule has 0 aromatic heterocycles. The maximum Gasteiger partial charge on any atom is 0.159 e. The number of unbranched alkanes of at least 4 members (excludes halogenated alkanes) is 4. The molecule has 0 amide bonds. The second-order valence-electron chi connectivity index (χ2n) is 6.25. The summed E-state index contributed by atoms with van der Waals surface area (Å²) in [5.74, 6) is 1.04. The number of fused-ring (bicyclic) bond motifs is 1. The number of anilines is 1. The number of nitrogens with zero attached hydrogens (tertiary/aromatic N) is 1. The number of carbonyl (C=O) groups excluding carboxylic acids is 1. The Balaban J connectivity index is 2.08. The van der Waals surface area contributed by atoms with Gasteiger partial charge in [-0.15, -0.1) is 0 Å². The second-order valence-corrected chi connectivity index (χ2v) is 6.25. The molecular weight excluding hydrogens is 274 g/mol. The standard InChI is InChI=1S/C19H29NO2/c1-4-6-7-8-9-12-20-14-17(5-2)22-19-11-10-16(15(3)21)13-18(19)20/h10-11,13,17H,4-9,12,14H2,1-3H3. The topological polar surface area (TPSA) is 29.5 Å². The molecule has 122 valence electrons. The lowest BCUT2D eigenvalue weighted by atomic mass is 10.1. The zero-order chi connectivity index (χ0) is 15.9. The summed E-state index contributed by atoms with van der Waals surface area (Å²) in [5, 5.41) is 0. The maximum absolute atomic E-state index is 11.6. The smallest absolute Gasteiger partial charge is 0.159 e. The summed E-state index contributed by atoms with van der Waals surface area (Å²) in [4.78, 5) is 14.0. The number of carbonyl (C=O) groups is 1. The third kappa shape index (κ3) is 4.25. The first-order valence-electron chi connectivity index (χ1n) is 8.72. The van der Waals surface area contributed by atoms with Gasteiger partial charge in [-0.1, -0.05) is 39.5 Å². The van der Waals surface area contributed by atoms with Crippen molar-refractivity contribution in [3.63, 3.8) is 0 Å². The van der Waals surface area contributed by atoms with Gasteiger partial charge in [-0.3, -0.25) is 4.79 Å². The predicted octanol–water partition coefficient (Wildman–Crippen LogP) is 4.84. The van der Waals surface area contributed by atoms with E-state index >= 15 is 0 Å². The van der Waals surface area contributed by atoms with Crippen molar-refractivity contribution in [3.05, 3.63) is 23.8 Å². The van der Waals surface area contributed by atoms with Crippen LogP contribution in [-0.4, -0.2) is 25.0 Å².